The fourth-order valence-corrected chi connectivity index (χ4v) is 0.850. The Morgan fingerprint density at radius 2 is 2.50 bits per heavy atom. The normalized spacial score (nSPS) is 9.75. The molecule has 1 aromatic rings. The van der Waals surface area contributed by atoms with Crippen molar-refractivity contribution in [3.8, 4) is 5.75 Å². The second-order valence-electron chi connectivity index (χ2n) is 2.39. The number of likely N-dealkylation sites (N-methyl/N-ethyl adjacent to an activating group) is 1. The molecule has 0 atom stereocenters. The second-order valence-corrected chi connectivity index (χ2v) is 2.39. The van der Waals surface area contributed by atoms with Crippen molar-refractivity contribution in [2.75, 3.05) is 19.7 Å². The summed E-state index contributed by atoms with van der Waals surface area (Å²) in [4.78, 5) is 3.94. The number of pyridine rings is 1. The summed E-state index contributed by atoms with van der Waals surface area (Å²) < 4.78 is 5.38. The summed E-state index contributed by atoms with van der Waals surface area (Å²) in [7, 11) is 0. The van der Waals surface area contributed by atoms with Gasteiger partial charge in [-0.2, -0.15) is 0 Å². The van der Waals surface area contributed by atoms with Gasteiger partial charge in [-0.3, -0.25) is 4.98 Å². The summed E-state index contributed by atoms with van der Waals surface area (Å²) >= 11 is 0. The highest BCUT2D eigenvalue weighted by molar-refractivity contribution is 5.15. The number of hydrogen-bond donors (Lipinski definition) is 1. The van der Waals surface area contributed by atoms with Gasteiger partial charge >= 0.3 is 0 Å². The van der Waals surface area contributed by atoms with Crippen molar-refractivity contribution in [1.29, 1.82) is 0 Å². The van der Waals surface area contributed by atoms with Gasteiger partial charge in [0.15, 0.2) is 0 Å². The Morgan fingerprint density at radius 3 is 3.17 bits per heavy atom. The summed E-state index contributed by atoms with van der Waals surface area (Å²) in [6.45, 7) is 4.63. The second kappa shape index (κ2) is 5.55. The van der Waals surface area contributed by atoms with Crippen LogP contribution in [0.15, 0.2) is 24.5 Å². The molecular formula is C9H14N2O. The molecule has 1 N–H and O–H groups in total. The number of aromatic nitrogens is 1. The Labute approximate surface area is 72.8 Å². The first-order valence-corrected chi connectivity index (χ1v) is 4.17. The average Bonchev–Trinajstić information content (AvgIpc) is 2.14. The first-order valence-electron chi connectivity index (χ1n) is 4.17. The lowest BCUT2D eigenvalue weighted by Gasteiger charge is -2.04. The third kappa shape index (κ3) is 3.34. The standard InChI is InChI=1S/C9H14N2O/c1-2-10-6-7-12-9-4-3-5-11-8-9/h3-5,8,10H,2,6-7H2,1H3. The molecule has 0 unspecified atom stereocenters. The molecule has 0 saturated heterocycles. The number of nitrogens with one attached hydrogen (secondary N) is 1. The summed E-state index contributed by atoms with van der Waals surface area (Å²) in [5.74, 6) is 0.829. The number of ether oxygens (including phenoxy) is 1. The van der Waals surface area contributed by atoms with E-state index in [1.165, 1.54) is 0 Å². The largest absolute Gasteiger partial charge is 0.491 e. The van der Waals surface area contributed by atoms with Gasteiger partial charge in [0.25, 0.3) is 0 Å². The molecule has 3 nitrogen and oxygen atoms in total. The Kier molecular flexibility index (Phi) is 4.16. The number of nitrogens with zero attached hydrogens (tertiary/aromatic N) is 1. The highest BCUT2D eigenvalue weighted by atomic mass is 16.5. The molecule has 3 heteroatoms. The maximum Gasteiger partial charge on any atom is 0.137 e. The molecule has 12 heavy (non-hydrogen) atoms. The van der Waals surface area contributed by atoms with Gasteiger partial charge < -0.3 is 10.1 Å². The van der Waals surface area contributed by atoms with Crippen LogP contribution in [0.2, 0.25) is 0 Å². The van der Waals surface area contributed by atoms with Crippen molar-refractivity contribution in [1.82, 2.24) is 10.3 Å². The molecule has 0 aliphatic heterocycles. The molecule has 0 aliphatic carbocycles. The van der Waals surface area contributed by atoms with Crippen LogP contribution >= 0.6 is 0 Å². The highest BCUT2D eigenvalue weighted by Crippen LogP contribution is 2.04. The van der Waals surface area contributed by atoms with Crippen molar-refractivity contribution < 1.29 is 4.74 Å². The maximum absolute atomic E-state index is 5.38. The van der Waals surface area contributed by atoms with Crippen molar-refractivity contribution in [3.63, 3.8) is 0 Å². The lowest BCUT2D eigenvalue weighted by atomic mass is 10.5. The zero-order valence-corrected chi connectivity index (χ0v) is 7.29. The fraction of sp³-hybridized carbons (Fsp3) is 0.444. The van der Waals surface area contributed by atoms with Crippen molar-refractivity contribution in [2.45, 2.75) is 6.92 Å². The smallest absolute Gasteiger partial charge is 0.137 e. The van der Waals surface area contributed by atoms with Crippen molar-refractivity contribution in [2.24, 2.45) is 0 Å². The highest BCUT2D eigenvalue weighted by Gasteiger charge is 1.89. The molecule has 1 heterocycles. The minimum atomic E-state index is 0.694. The Bertz CT molecular complexity index is 201. The topological polar surface area (TPSA) is 34.1 Å². The van der Waals surface area contributed by atoms with Gasteiger partial charge in [-0.05, 0) is 18.7 Å². The molecule has 0 spiro atoms. The van der Waals surface area contributed by atoms with Crippen LogP contribution in [-0.4, -0.2) is 24.7 Å². The van der Waals surface area contributed by atoms with Crippen LogP contribution in [0.3, 0.4) is 0 Å². The van der Waals surface area contributed by atoms with E-state index >= 15 is 0 Å². The van der Waals surface area contributed by atoms with E-state index in [4.69, 9.17) is 4.74 Å². The SMILES string of the molecule is CCNCCOc1cccnc1. The van der Waals surface area contributed by atoms with E-state index in [-0.39, 0.29) is 0 Å². The summed E-state index contributed by atoms with van der Waals surface area (Å²) in [5, 5.41) is 3.17. The number of hydrogen-bond acceptors (Lipinski definition) is 3. The zero-order valence-electron chi connectivity index (χ0n) is 7.29. The van der Waals surface area contributed by atoms with Gasteiger partial charge in [0.1, 0.15) is 12.4 Å². The van der Waals surface area contributed by atoms with Gasteiger partial charge in [-0.25, -0.2) is 0 Å². The lowest BCUT2D eigenvalue weighted by molar-refractivity contribution is 0.314. The van der Waals surface area contributed by atoms with E-state index in [1.807, 2.05) is 12.1 Å². The monoisotopic (exact) mass is 166 g/mol. The third-order valence-corrected chi connectivity index (χ3v) is 1.43. The molecule has 66 valence electrons. The molecule has 0 amide bonds. The summed E-state index contributed by atoms with van der Waals surface area (Å²) in [6.07, 6.45) is 3.45. The van der Waals surface area contributed by atoms with Crippen LogP contribution in [-0.2, 0) is 0 Å². The molecule has 0 bridgehead atoms. The minimum Gasteiger partial charge on any atom is -0.491 e. The van der Waals surface area contributed by atoms with Crippen LogP contribution in [0.5, 0.6) is 5.75 Å². The molecule has 1 aromatic heterocycles. The maximum atomic E-state index is 5.38. The molecule has 0 saturated carbocycles. The average molecular weight is 166 g/mol. The van der Waals surface area contributed by atoms with E-state index in [0.717, 1.165) is 18.8 Å². The Morgan fingerprint density at radius 1 is 1.58 bits per heavy atom. The predicted molar refractivity (Wildman–Crippen MR) is 48.3 cm³/mol. The molecule has 0 aliphatic rings. The van der Waals surface area contributed by atoms with E-state index in [0.29, 0.717) is 6.61 Å². The predicted octanol–water partition coefficient (Wildman–Crippen LogP) is 1.07. The van der Waals surface area contributed by atoms with Crippen molar-refractivity contribution in [3.05, 3.63) is 24.5 Å². The summed E-state index contributed by atoms with van der Waals surface area (Å²) in [6, 6.07) is 3.77. The summed E-state index contributed by atoms with van der Waals surface area (Å²) in [5.41, 5.74) is 0. The molecular weight excluding hydrogens is 152 g/mol. The van der Waals surface area contributed by atoms with E-state index < -0.39 is 0 Å². The van der Waals surface area contributed by atoms with Crippen molar-refractivity contribution >= 4 is 0 Å². The van der Waals surface area contributed by atoms with Gasteiger partial charge in [0, 0.05) is 12.7 Å². The van der Waals surface area contributed by atoms with Gasteiger partial charge in [-0.15, -0.1) is 0 Å². The van der Waals surface area contributed by atoms with Crippen LogP contribution in [0.25, 0.3) is 0 Å². The van der Waals surface area contributed by atoms with Crippen LogP contribution in [0.1, 0.15) is 6.92 Å². The van der Waals surface area contributed by atoms with Crippen LogP contribution < -0.4 is 10.1 Å². The molecule has 0 radical (unpaired) electrons. The minimum absolute atomic E-state index is 0.694. The molecule has 1 rings (SSSR count). The van der Waals surface area contributed by atoms with Crippen LogP contribution in [0.4, 0.5) is 0 Å². The lowest BCUT2D eigenvalue weighted by Crippen LogP contribution is -2.20. The zero-order chi connectivity index (χ0) is 8.65. The number of rotatable bonds is 5. The quantitative estimate of drug-likeness (QED) is 0.664. The van der Waals surface area contributed by atoms with Gasteiger partial charge in [0.2, 0.25) is 0 Å². The third-order valence-electron chi connectivity index (χ3n) is 1.43. The van der Waals surface area contributed by atoms with E-state index in [2.05, 4.69) is 17.2 Å². The van der Waals surface area contributed by atoms with E-state index in [9.17, 15) is 0 Å². The van der Waals surface area contributed by atoms with Gasteiger partial charge in [-0.1, -0.05) is 6.92 Å². The van der Waals surface area contributed by atoms with E-state index in [1.54, 1.807) is 12.4 Å². The Balaban J connectivity index is 2.16. The first kappa shape index (κ1) is 9.00. The molecule has 0 fully saturated rings. The molecule has 0 aromatic carbocycles. The Hall–Kier alpha value is -1.09. The fourth-order valence-electron chi connectivity index (χ4n) is 0.850. The first-order chi connectivity index (χ1) is 5.93. The van der Waals surface area contributed by atoms with Crippen LogP contribution in [0, 0.1) is 0 Å². The van der Waals surface area contributed by atoms with Gasteiger partial charge in [0.05, 0.1) is 6.20 Å².